The van der Waals surface area contributed by atoms with Crippen molar-refractivity contribution in [2.75, 3.05) is 17.7 Å². The van der Waals surface area contributed by atoms with E-state index >= 15 is 0 Å². The third-order valence-corrected chi connectivity index (χ3v) is 3.72. The Morgan fingerprint density at radius 3 is 2.43 bits per heavy atom. The molecular weight excluding hydrogens is 318 g/mol. The highest BCUT2D eigenvalue weighted by Gasteiger charge is 2.13. The van der Waals surface area contributed by atoms with E-state index in [9.17, 15) is 8.42 Å². The Kier molecular flexibility index (Phi) is 4.26. The molecule has 3 N–H and O–H groups in total. The number of aromatic nitrogens is 3. The Bertz CT molecular complexity index is 781. The van der Waals surface area contributed by atoms with Crippen LogP contribution in [0.1, 0.15) is 5.56 Å². The molecule has 1 heterocycles. The van der Waals surface area contributed by atoms with Gasteiger partial charge < -0.3 is 10.6 Å². The summed E-state index contributed by atoms with van der Waals surface area (Å²) in [6.07, 6.45) is 0. The maximum Gasteiger partial charge on any atom is 0.294 e. The largest absolute Gasteiger partial charge is 0.357 e. The lowest BCUT2D eigenvalue weighted by atomic mass is 10.2. The third-order valence-electron chi connectivity index (χ3n) is 2.54. The molecule has 0 unspecified atom stereocenters. The summed E-state index contributed by atoms with van der Waals surface area (Å²) in [6.45, 7) is 1.56. The van der Waals surface area contributed by atoms with Crippen LogP contribution in [-0.4, -0.2) is 35.0 Å². The van der Waals surface area contributed by atoms with Gasteiger partial charge in [-0.1, -0.05) is 0 Å². The number of anilines is 3. The Balaban J connectivity index is 2.33. The first-order valence-corrected chi connectivity index (χ1v) is 7.56. The van der Waals surface area contributed by atoms with Gasteiger partial charge in [0.15, 0.2) is 0 Å². The van der Waals surface area contributed by atoms with Gasteiger partial charge in [0.05, 0.1) is 4.90 Å². The summed E-state index contributed by atoms with van der Waals surface area (Å²) in [5.74, 6) is 0.502. The summed E-state index contributed by atoms with van der Waals surface area (Å²) in [4.78, 5) is 11.6. The molecule has 0 aliphatic rings. The van der Waals surface area contributed by atoms with E-state index in [1.54, 1.807) is 20.0 Å². The molecule has 0 fully saturated rings. The first-order chi connectivity index (χ1) is 9.79. The van der Waals surface area contributed by atoms with Crippen LogP contribution in [0.3, 0.4) is 0 Å². The van der Waals surface area contributed by atoms with E-state index in [4.69, 9.17) is 16.2 Å². The van der Waals surface area contributed by atoms with Gasteiger partial charge in [0.25, 0.3) is 10.1 Å². The van der Waals surface area contributed by atoms with Crippen LogP contribution in [0.2, 0.25) is 5.28 Å². The zero-order valence-electron chi connectivity index (χ0n) is 11.1. The van der Waals surface area contributed by atoms with Crippen LogP contribution in [0.4, 0.5) is 17.6 Å². The number of halogens is 1. The highest BCUT2D eigenvalue weighted by Crippen LogP contribution is 2.22. The van der Waals surface area contributed by atoms with Crippen LogP contribution in [-0.2, 0) is 10.1 Å². The average molecular weight is 330 g/mol. The monoisotopic (exact) mass is 329 g/mol. The van der Waals surface area contributed by atoms with Crippen LogP contribution < -0.4 is 10.6 Å². The number of aryl methyl sites for hydroxylation is 1. The summed E-state index contributed by atoms with van der Waals surface area (Å²) in [5.41, 5.74) is 0.931. The first-order valence-electron chi connectivity index (χ1n) is 5.74. The lowest BCUT2D eigenvalue weighted by Crippen LogP contribution is -2.05. The van der Waals surface area contributed by atoms with Crippen molar-refractivity contribution in [1.29, 1.82) is 0 Å². The molecule has 21 heavy (non-hydrogen) atoms. The zero-order valence-corrected chi connectivity index (χ0v) is 12.7. The number of hydrogen-bond acceptors (Lipinski definition) is 7. The number of nitrogens with zero attached hydrogens (tertiary/aromatic N) is 3. The van der Waals surface area contributed by atoms with E-state index in [1.165, 1.54) is 12.1 Å². The van der Waals surface area contributed by atoms with Gasteiger partial charge in [-0.25, -0.2) is 0 Å². The predicted octanol–water partition coefficient (Wildman–Crippen LogP) is 1.87. The average Bonchev–Trinajstić information content (AvgIpc) is 2.36. The molecule has 1 aromatic carbocycles. The zero-order chi connectivity index (χ0) is 15.6. The molecule has 2 rings (SSSR count). The number of rotatable bonds is 4. The molecule has 8 nitrogen and oxygen atoms in total. The molecule has 0 saturated carbocycles. The molecule has 0 saturated heterocycles. The summed E-state index contributed by atoms with van der Waals surface area (Å²) in [5, 5.41) is 5.63. The van der Waals surface area contributed by atoms with Crippen molar-refractivity contribution in [1.82, 2.24) is 15.0 Å². The van der Waals surface area contributed by atoms with Crippen LogP contribution in [0.25, 0.3) is 0 Å². The molecule has 1 aromatic heterocycles. The van der Waals surface area contributed by atoms with Crippen molar-refractivity contribution in [2.45, 2.75) is 11.8 Å². The predicted molar refractivity (Wildman–Crippen MR) is 78.7 cm³/mol. The van der Waals surface area contributed by atoms with E-state index in [1.807, 2.05) is 0 Å². The van der Waals surface area contributed by atoms with Crippen molar-refractivity contribution in [3.8, 4) is 0 Å². The Labute approximate surface area is 126 Å². The molecule has 0 aliphatic carbocycles. The fraction of sp³-hybridized carbons (Fsp3) is 0.182. The molecule has 112 valence electrons. The maximum absolute atomic E-state index is 11.1. The molecule has 0 amide bonds. The Morgan fingerprint density at radius 2 is 1.86 bits per heavy atom. The second kappa shape index (κ2) is 5.80. The van der Waals surface area contributed by atoms with Gasteiger partial charge in [-0.2, -0.15) is 23.4 Å². The highest BCUT2D eigenvalue weighted by molar-refractivity contribution is 7.85. The normalized spacial score (nSPS) is 11.2. The van der Waals surface area contributed by atoms with Gasteiger partial charge in [-0.05, 0) is 42.3 Å². The summed E-state index contributed by atoms with van der Waals surface area (Å²) < 4.78 is 31.3. The third kappa shape index (κ3) is 3.78. The van der Waals surface area contributed by atoms with Gasteiger partial charge in [0, 0.05) is 12.7 Å². The second-order valence-electron chi connectivity index (χ2n) is 4.08. The van der Waals surface area contributed by atoms with Crippen molar-refractivity contribution in [3.05, 3.63) is 29.0 Å². The van der Waals surface area contributed by atoms with Crippen LogP contribution >= 0.6 is 11.6 Å². The number of nitrogens with one attached hydrogen (secondary N) is 2. The van der Waals surface area contributed by atoms with E-state index in [-0.39, 0.29) is 16.1 Å². The summed E-state index contributed by atoms with van der Waals surface area (Å²) in [7, 11) is -2.60. The highest BCUT2D eigenvalue weighted by atomic mass is 35.5. The summed E-state index contributed by atoms with van der Waals surface area (Å²) >= 11 is 5.76. The van der Waals surface area contributed by atoms with Crippen LogP contribution in [0, 0.1) is 6.92 Å². The standard InChI is InChI=1S/C11H12ClN5O3S/c1-6-5-7(3-4-8(6)21(18,19)20)14-11-16-9(12)15-10(13-2)17-11/h3-5H,1-2H3,(H,18,19,20)(H2,13,14,15,16,17). The van der Waals surface area contributed by atoms with Gasteiger partial charge in [-0.3, -0.25) is 4.55 Å². The SMILES string of the molecule is CNc1nc(Cl)nc(Nc2ccc(S(=O)(=O)O)c(C)c2)n1. The fourth-order valence-corrected chi connectivity index (χ4v) is 2.53. The van der Waals surface area contributed by atoms with E-state index < -0.39 is 10.1 Å². The number of benzene rings is 1. The number of hydrogen-bond donors (Lipinski definition) is 3. The quantitative estimate of drug-likeness (QED) is 0.728. The van der Waals surface area contributed by atoms with Crippen molar-refractivity contribution in [2.24, 2.45) is 0 Å². The van der Waals surface area contributed by atoms with Gasteiger partial charge in [0.2, 0.25) is 17.2 Å². The van der Waals surface area contributed by atoms with Gasteiger partial charge >= 0.3 is 0 Å². The topological polar surface area (TPSA) is 117 Å². The summed E-state index contributed by atoms with van der Waals surface area (Å²) in [6, 6.07) is 4.31. The van der Waals surface area contributed by atoms with Crippen molar-refractivity contribution >= 4 is 39.3 Å². The fourth-order valence-electron chi connectivity index (χ4n) is 1.66. The van der Waals surface area contributed by atoms with Crippen molar-refractivity contribution in [3.63, 3.8) is 0 Å². The van der Waals surface area contributed by atoms with Crippen LogP contribution in [0.5, 0.6) is 0 Å². The minimum atomic E-state index is -4.24. The van der Waals surface area contributed by atoms with Gasteiger partial charge in [-0.15, -0.1) is 0 Å². The smallest absolute Gasteiger partial charge is 0.294 e. The Morgan fingerprint density at radius 1 is 1.19 bits per heavy atom. The van der Waals surface area contributed by atoms with Crippen LogP contribution in [0.15, 0.2) is 23.1 Å². The van der Waals surface area contributed by atoms with E-state index in [0.717, 1.165) is 0 Å². The first kappa shape index (κ1) is 15.4. The van der Waals surface area contributed by atoms with Gasteiger partial charge in [0.1, 0.15) is 0 Å². The molecular formula is C11H12ClN5O3S. The van der Waals surface area contributed by atoms with E-state index in [2.05, 4.69) is 25.6 Å². The molecule has 0 atom stereocenters. The minimum absolute atomic E-state index is 0.0168. The van der Waals surface area contributed by atoms with E-state index in [0.29, 0.717) is 17.2 Å². The molecule has 0 aliphatic heterocycles. The molecule has 0 spiro atoms. The van der Waals surface area contributed by atoms with Crippen molar-refractivity contribution < 1.29 is 13.0 Å². The minimum Gasteiger partial charge on any atom is -0.357 e. The lowest BCUT2D eigenvalue weighted by molar-refractivity contribution is 0.482. The molecule has 0 bridgehead atoms. The Hall–Kier alpha value is -1.97. The lowest BCUT2D eigenvalue weighted by Gasteiger charge is -2.09. The molecule has 2 aromatic rings. The molecule has 0 radical (unpaired) electrons. The maximum atomic E-state index is 11.1. The molecule has 10 heteroatoms. The second-order valence-corrected chi connectivity index (χ2v) is 5.81.